The predicted molar refractivity (Wildman–Crippen MR) is 312 cm³/mol. The summed E-state index contributed by atoms with van der Waals surface area (Å²) in [5.41, 5.74) is 18.3. The summed E-state index contributed by atoms with van der Waals surface area (Å²) in [6, 6.07) is 32.3. The summed E-state index contributed by atoms with van der Waals surface area (Å²) in [5.74, 6) is 3.38. The van der Waals surface area contributed by atoms with E-state index in [-0.39, 0.29) is 0 Å². The van der Waals surface area contributed by atoms with Gasteiger partial charge in [-0.1, -0.05) is 190 Å². The fourth-order valence-electron chi connectivity index (χ4n) is 8.11. The summed E-state index contributed by atoms with van der Waals surface area (Å²) >= 11 is 6.38. The van der Waals surface area contributed by atoms with Crippen molar-refractivity contribution in [3.8, 4) is 0 Å². The average molecular weight is 1210 g/mol. The van der Waals surface area contributed by atoms with E-state index in [1.54, 1.807) is 0 Å². The Kier molecular flexibility index (Phi) is 29.4. The number of rotatable bonds is 15. The van der Waals surface area contributed by atoms with E-state index >= 15 is 0 Å². The van der Waals surface area contributed by atoms with E-state index < -0.39 is 0 Å². The Morgan fingerprint density at radius 2 is 0.600 bits per heavy atom. The Morgan fingerprint density at radius 1 is 0.414 bits per heavy atom. The molecule has 0 spiro atoms. The maximum atomic E-state index is 5.15. The van der Waals surface area contributed by atoms with Gasteiger partial charge in [0.05, 0.1) is 45.6 Å². The second-order valence-electron chi connectivity index (χ2n) is 19.8. The minimum atomic E-state index is 0.382. The number of nitrogens with zero attached hydrogens (tertiary/aromatic N) is 5. The van der Waals surface area contributed by atoms with Crippen molar-refractivity contribution in [2.45, 2.75) is 172 Å². The molecule has 11 heteroatoms. The Labute approximate surface area is 459 Å². The summed E-state index contributed by atoms with van der Waals surface area (Å²) in [7, 11) is 10.7. The van der Waals surface area contributed by atoms with Gasteiger partial charge in [0.25, 0.3) is 0 Å². The molecule has 70 heavy (non-hydrogen) atoms. The molecule has 5 nitrogen and oxygen atoms in total. The Balaban J connectivity index is 0.000000442. The number of aliphatic imine (C=N–C) groups is 4. The van der Waals surface area contributed by atoms with Crippen LogP contribution in [0.2, 0.25) is 0 Å². The van der Waals surface area contributed by atoms with Crippen LogP contribution in [0.4, 0.5) is 22.7 Å². The number of hydrogen-bond acceptors (Lipinski definition) is 5. The zero-order valence-corrected chi connectivity index (χ0v) is 51.5. The van der Waals surface area contributed by atoms with Gasteiger partial charge in [0.1, 0.15) is 0 Å². The molecule has 0 aliphatic carbocycles. The van der Waals surface area contributed by atoms with Crippen LogP contribution in [0.5, 0.6) is 0 Å². The van der Waals surface area contributed by atoms with E-state index in [1.165, 1.54) is 55.4 Å². The van der Waals surface area contributed by atoms with Gasteiger partial charge in [0.2, 0.25) is 0 Å². The number of benzene rings is 4. The fraction of sp³-hybridized carbons (Fsp3) is 0.441. The SMILES string of the molecule is CC(=Nc1c(C(C)C)cccc1C(C)C)c1cccc(C(C)=Nc2c(C(C)C)cccc2C(C)C)n1.CC(C)c1cccc(C(C)C)c1N=CC=Nc1c(C(C)C)cccc1C(C)C.[Br][Ni][Br].[Cl][Co][Cl]. The molecule has 0 saturated carbocycles. The molecular formula is C59H79Br2Cl2CoN5Ni. The predicted octanol–water partition coefficient (Wildman–Crippen LogP) is 21.2. The third-order valence-corrected chi connectivity index (χ3v) is 11.9. The van der Waals surface area contributed by atoms with Crippen molar-refractivity contribution in [3.63, 3.8) is 0 Å². The fourth-order valence-corrected chi connectivity index (χ4v) is 8.11. The molecule has 1 heterocycles. The number of halogens is 4. The normalized spacial score (nSPS) is 12.3. The summed E-state index contributed by atoms with van der Waals surface area (Å²) in [5, 5.41) is 0. The van der Waals surface area contributed by atoms with E-state index in [0.29, 0.717) is 60.2 Å². The van der Waals surface area contributed by atoms with Gasteiger partial charge < -0.3 is 0 Å². The summed E-state index contributed by atoms with van der Waals surface area (Å²) in [4.78, 5) is 25.0. The Bertz CT molecular complexity index is 2240. The van der Waals surface area contributed by atoms with Crippen LogP contribution in [0.1, 0.15) is 228 Å². The van der Waals surface area contributed by atoms with Crippen molar-refractivity contribution < 1.29 is 23.8 Å². The third kappa shape index (κ3) is 19.3. The summed E-state index contributed by atoms with van der Waals surface area (Å²) in [6.45, 7) is 39.7. The van der Waals surface area contributed by atoms with Gasteiger partial charge in [-0.05, 0) is 118 Å². The van der Waals surface area contributed by atoms with Gasteiger partial charge >= 0.3 is 72.5 Å². The van der Waals surface area contributed by atoms with Crippen LogP contribution < -0.4 is 0 Å². The first kappa shape index (κ1) is 63.4. The number of hydrogen-bond donors (Lipinski definition) is 0. The second kappa shape index (κ2) is 32.4. The molecule has 0 bridgehead atoms. The maximum absolute atomic E-state index is 5.15. The molecule has 0 unspecified atom stereocenters. The Hall–Kier alpha value is -2.75. The van der Waals surface area contributed by atoms with Crippen LogP contribution in [-0.2, 0) is 23.8 Å². The first-order valence-electron chi connectivity index (χ1n) is 24.4. The van der Waals surface area contributed by atoms with E-state index in [4.69, 9.17) is 45.2 Å². The Morgan fingerprint density at radius 3 is 0.800 bits per heavy atom. The zero-order chi connectivity index (χ0) is 52.8. The molecule has 0 radical (unpaired) electrons. The van der Waals surface area contributed by atoms with Gasteiger partial charge in [0.15, 0.2) is 0 Å². The molecule has 4 aromatic carbocycles. The van der Waals surface area contributed by atoms with Crippen molar-refractivity contribution in [1.29, 1.82) is 0 Å². The zero-order valence-electron chi connectivity index (χ0n) is 44.8. The molecule has 387 valence electrons. The number of pyridine rings is 1. The number of aromatic nitrogens is 1. The van der Waals surface area contributed by atoms with Crippen molar-refractivity contribution >= 4 is 95.3 Å². The van der Waals surface area contributed by atoms with E-state index in [2.05, 4.69) is 232 Å². The van der Waals surface area contributed by atoms with Gasteiger partial charge in [-0.15, -0.1) is 0 Å². The molecule has 0 aliphatic rings. The topological polar surface area (TPSA) is 62.3 Å². The van der Waals surface area contributed by atoms with Gasteiger partial charge in [-0.2, -0.15) is 0 Å². The van der Waals surface area contributed by atoms with Crippen molar-refractivity contribution in [2.24, 2.45) is 20.0 Å². The van der Waals surface area contributed by atoms with Gasteiger partial charge in [0, 0.05) is 12.4 Å². The second-order valence-corrected chi connectivity index (χ2v) is 26.5. The van der Waals surface area contributed by atoms with E-state index in [9.17, 15) is 0 Å². The van der Waals surface area contributed by atoms with Crippen molar-refractivity contribution in [2.75, 3.05) is 0 Å². The average Bonchev–Trinajstić information content (AvgIpc) is 3.30. The van der Waals surface area contributed by atoms with Crippen LogP contribution >= 0.6 is 48.7 Å². The van der Waals surface area contributed by atoms with Crippen LogP contribution in [0.3, 0.4) is 0 Å². The first-order chi connectivity index (χ1) is 33.1. The molecular weight excluding hydrogens is 1130 g/mol. The molecule has 0 aliphatic heterocycles. The monoisotopic (exact) mass is 1200 g/mol. The molecule has 0 atom stereocenters. The van der Waals surface area contributed by atoms with Crippen molar-refractivity contribution in [1.82, 2.24) is 4.98 Å². The molecule has 0 saturated heterocycles. The summed E-state index contributed by atoms with van der Waals surface area (Å²) < 4.78 is 0. The van der Waals surface area contributed by atoms with Crippen LogP contribution in [-0.4, -0.2) is 28.8 Å². The number of para-hydroxylation sites is 4. The molecule has 1 aromatic heterocycles. The first-order valence-corrected chi connectivity index (χ1v) is 32.1. The minimum absolute atomic E-state index is 0.382. The van der Waals surface area contributed by atoms with Crippen LogP contribution in [0.25, 0.3) is 0 Å². The molecule has 0 fully saturated rings. The van der Waals surface area contributed by atoms with Gasteiger partial charge in [-0.3, -0.25) is 20.0 Å². The molecule has 5 rings (SSSR count). The van der Waals surface area contributed by atoms with Crippen molar-refractivity contribution in [3.05, 3.63) is 147 Å². The molecule has 0 N–H and O–H groups in total. The van der Waals surface area contributed by atoms with E-state index in [1.807, 2.05) is 24.6 Å². The van der Waals surface area contributed by atoms with Gasteiger partial charge in [-0.25, -0.2) is 4.98 Å². The standard InChI is InChI=1S/C33H43N3.C26H36N2.2BrH.2ClH.Co.Ni/c1-20(2)26-14-11-15-27(21(3)4)32(26)34-24(9)30-18-13-19-31(36-30)25(10)35-33-28(22(5)6)16-12-17-29(33)23(7)8;1-17(2)21-11-9-12-22(18(3)4)25(21)27-15-16-28-26-23(19(5)6)13-10-14-24(26)20(7)8;;;;;;/h11-23H,1-10H3;9-20H,1-8H3;4*1H;;/q;;;;;;2*+2/p-4. The quantitative estimate of drug-likeness (QED) is 0.0761. The summed E-state index contributed by atoms with van der Waals surface area (Å²) in [6.07, 6.45) is 3.71. The van der Waals surface area contributed by atoms with Crippen LogP contribution in [0.15, 0.2) is 111 Å². The third-order valence-electron chi connectivity index (χ3n) is 11.9. The molecule has 0 amide bonds. The van der Waals surface area contributed by atoms with Crippen LogP contribution in [0, 0.1) is 0 Å². The molecule has 5 aromatic rings. The van der Waals surface area contributed by atoms with E-state index in [0.717, 1.165) is 45.6 Å².